The van der Waals surface area contributed by atoms with E-state index in [1.807, 2.05) is 24.7 Å². The van der Waals surface area contributed by atoms with Crippen LogP contribution >= 0.6 is 15.9 Å². The number of rotatable bonds is 6. The molecule has 1 N–H and O–H groups in total. The van der Waals surface area contributed by atoms with Gasteiger partial charge in [0.15, 0.2) is 5.82 Å². The van der Waals surface area contributed by atoms with Crippen LogP contribution in [0.2, 0.25) is 0 Å². The quantitative estimate of drug-likeness (QED) is 0.812. The zero-order valence-electron chi connectivity index (χ0n) is 12.9. The summed E-state index contributed by atoms with van der Waals surface area (Å²) in [4.78, 5) is 4.57. The first-order chi connectivity index (χ1) is 10.0. The van der Waals surface area contributed by atoms with E-state index in [1.54, 1.807) is 7.11 Å². The number of aromatic nitrogens is 3. The van der Waals surface area contributed by atoms with E-state index in [9.17, 15) is 0 Å². The van der Waals surface area contributed by atoms with Gasteiger partial charge in [-0.3, -0.25) is 0 Å². The van der Waals surface area contributed by atoms with Crippen LogP contribution < -0.4 is 5.32 Å². The van der Waals surface area contributed by atoms with E-state index in [1.165, 1.54) is 0 Å². The third-order valence-corrected chi connectivity index (χ3v) is 4.47. The molecule has 0 aromatic carbocycles. The monoisotopic (exact) mass is 352 g/mol. The average molecular weight is 353 g/mol. The second-order valence-corrected chi connectivity index (χ2v) is 5.84. The van der Waals surface area contributed by atoms with Crippen LogP contribution in [0.25, 0.3) is 5.82 Å². The standard InChI is InChI=1S/C15H21BrN4O/c1-10-7-13(8-17-5-6-21-4)9-18-15(10)20-12(3)14(16)11(2)19-20/h7,9,17H,5-6,8H2,1-4H3. The molecule has 0 bridgehead atoms. The fourth-order valence-electron chi connectivity index (χ4n) is 2.18. The molecule has 0 radical (unpaired) electrons. The summed E-state index contributed by atoms with van der Waals surface area (Å²) < 4.78 is 7.93. The van der Waals surface area contributed by atoms with Crippen molar-refractivity contribution in [3.63, 3.8) is 0 Å². The molecule has 0 unspecified atom stereocenters. The smallest absolute Gasteiger partial charge is 0.156 e. The molecule has 0 spiro atoms. The normalized spacial score (nSPS) is 11.1. The highest BCUT2D eigenvalue weighted by Gasteiger charge is 2.13. The van der Waals surface area contributed by atoms with Gasteiger partial charge in [0.25, 0.3) is 0 Å². The van der Waals surface area contributed by atoms with Crippen molar-refractivity contribution >= 4 is 15.9 Å². The number of hydrogen-bond donors (Lipinski definition) is 1. The van der Waals surface area contributed by atoms with Crippen LogP contribution in [-0.4, -0.2) is 35.0 Å². The maximum Gasteiger partial charge on any atom is 0.156 e. The SMILES string of the molecule is COCCNCc1cnc(-n2nc(C)c(Br)c2C)c(C)c1. The zero-order valence-corrected chi connectivity index (χ0v) is 14.5. The number of aryl methyl sites for hydroxylation is 2. The van der Waals surface area contributed by atoms with Crippen molar-refractivity contribution < 1.29 is 4.74 Å². The Morgan fingerprint density at radius 3 is 2.67 bits per heavy atom. The Hall–Kier alpha value is -1.24. The molecule has 21 heavy (non-hydrogen) atoms. The molecule has 2 heterocycles. The minimum Gasteiger partial charge on any atom is -0.383 e. The minimum absolute atomic E-state index is 0.713. The summed E-state index contributed by atoms with van der Waals surface area (Å²) in [5.74, 6) is 0.877. The summed E-state index contributed by atoms with van der Waals surface area (Å²) >= 11 is 3.55. The van der Waals surface area contributed by atoms with Crippen molar-refractivity contribution in [3.05, 3.63) is 39.3 Å². The van der Waals surface area contributed by atoms with Crippen molar-refractivity contribution in [2.75, 3.05) is 20.3 Å². The van der Waals surface area contributed by atoms with Crippen molar-refractivity contribution in [2.45, 2.75) is 27.3 Å². The highest BCUT2D eigenvalue weighted by atomic mass is 79.9. The Morgan fingerprint density at radius 1 is 1.33 bits per heavy atom. The summed E-state index contributed by atoms with van der Waals surface area (Å²) in [6.07, 6.45) is 1.90. The van der Waals surface area contributed by atoms with Crippen LogP contribution in [0.1, 0.15) is 22.5 Å². The summed E-state index contributed by atoms with van der Waals surface area (Å²) in [5.41, 5.74) is 4.31. The Morgan fingerprint density at radius 2 is 2.10 bits per heavy atom. The van der Waals surface area contributed by atoms with Crippen molar-refractivity contribution in [1.82, 2.24) is 20.1 Å². The Labute approximate surface area is 133 Å². The summed E-state index contributed by atoms with van der Waals surface area (Å²) in [6.45, 7) is 8.41. The molecule has 0 atom stereocenters. The van der Waals surface area contributed by atoms with Crippen molar-refractivity contribution in [3.8, 4) is 5.82 Å². The first kappa shape index (κ1) is 16.1. The highest BCUT2D eigenvalue weighted by molar-refractivity contribution is 9.10. The summed E-state index contributed by atoms with van der Waals surface area (Å²) in [6, 6.07) is 2.15. The van der Waals surface area contributed by atoms with E-state index in [2.05, 4.69) is 44.3 Å². The summed E-state index contributed by atoms with van der Waals surface area (Å²) in [5, 5.41) is 7.85. The Bertz CT molecular complexity index is 624. The molecule has 2 aromatic rings. The van der Waals surface area contributed by atoms with Gasteiger partial charge in [0.2, 0.25) is 0 Å². The van der Waals surface area contributed by atoms with E-state index < -0.39 is 0 Å². The van der Waals surface area contributed by atoms with Gasteiger partial charge in [0, 0.05) is 26.4 Å². The molecule has 114 valence electrons. The number of pyridine rings is 1. The second-order valence-electron chi connectivity index (χ2n) is 5.05. The van der Waals surface area contributed by atoms with Crippen LogP contribution in [0.15, 0.2) is 16.7 Å². The first-order valence-electron chi connectivity index (χ1n) is 6.92. The molecule has 6 heteroatoms. The van der Waals surface area contributed by atoms with E-state index in [0.717, 1.165) is 45.9 Å². The van der Waals surface area contributed by atoms with Crippen LogP contribution in [0.5, 0.6) is 0 Å². The van der Waals surface area contributed by atoms with E-state index >= 15 is 0 Å². The number of ether oxygens (including phenoxy) is 1. The molecule has 0 fully saturated rings. The number of nitrogens with one attached hydrogen (secondary N) is 1. The lowest BCUT2D eigenvalue weighted by atomic mass is 10.2. The molecule has 0 saturated heterocycles. The lowest BCUT2D eigenvalue weighted by Crippen LogP contribution is -2.19. The van der Waals surface area contributed by atoms with Crippen molar-refractivity contribution in [2.24, 2.45) is 0 Å². The largest absolute Gasteiger partial charge is 0.383 e. The van der Waals surface area contributed by atoms with Crippen LogP contribution in [-0.2, 0) is 11.3 Å². The molecule has 0 amide bonds. The lowest BCUT2D eigenvalue weighted by Gasteiger charge is -2.10. The highest BCUT2D eigenvalue weighted by Crippen LogP contribution is 2.23. The van der Waals surface area contributed by atoms with Gasteiger partial charge >= 0.3 is 0 Å². The molecular formula is C15H21BrN4O. The maximum atomic E-state index is 5.01. The third kappa shape index (κ3) is 3.70. The van der Waals surface area contributed by atoms with Crippen LogP contribution in [0.3, 0.4) is 0 Å². The number of methoxy groups -OCH3 is 1. The molecule has 2 aromatic heterocycles. The predicted octanol–water partition coefficient (Wildman–Crippen LogP) is 2.69. The van der Waals surface area contributed by atoms with E-state index in [-0.39, 0.29) is 0 Å². The van der Waals surface area contributed by atoms with E-state index in [0.29, 0.717) is 6.61 Å². The van der Waals surface area contributed by atoms with Gasteiger partial charge in [-0.15, -0.1) is 0 Å². The lowest BCUT2D eigenvalue weighted by molar-refractivity contribution is 0.199. The number of nitrogens with zero attached hydrogens (tertiary/aromatic N) is 3. The second kappa shape index (κ2) is 7.15. The Balaban J connectivity index is 2.17. The maximum absolute atomic E-state index is 5.01. The predicted molar refractivity (Wildman–Crippen MR) is 86.9 cm³/mol. The molecule has 0 aliphatic carbocycles. The van der Waals surface area contributed by atoms with Crippen LogP contribution in [0, 0.1) is 20.8 Å². The van der Waals surface area contributed by atoms with E-state index in [4.69, 9.17) is 4.74 Å². The zero-order chi connectivity index (χ0) is 15.4. The molecule has 0 saturated carbocycles. The first-order valence-corrected chi connectivity index (χ1v) is 7.71. The molecular weight excluding hydrogens is 332 g/mol. The molecule has 0 aliphatic rings. The number of hydrogen-bond acceptors (Lipinski definition) is 4. The summed E-state index contributed by atoms with van der Waals surface area (Å²) in [7, 11) is 1.70. The third-order valence-electron chi connectivity index (χ3n) is 3.32. The average Bonchev–Trinajstić information content (AvgIpc) is 2.71. The van der Waals surface area contributed by atoms with Gasteiger partial charge < -0.3 is 10.1 Å². The van der Waals surface area contributed by atoms with Gasteiger partial charge in [0.1, 0.15) is 0 Å². The van der Waals surface area contributed by atoms with Crippen molar-refractivity contribution in [1.29, 1.82) is 0 Å². The van der Waals surface area contributed by atoms with Gasteiger partial charge in [-0.2, -0.15) is 5.10 Å². The van der Waals surface area contributed by atoms with Gasteiger partial charge in [-0.25, -0.2) is 9.67 Å². The minimum atomic E-state index is 0.713. The molecule has 0 aliphatic heterocycles. The topological polar surface area (TPSA) is 52.0 Å². The van der Waals surface area contributed by atoms with Gasteiger partial charge in [0.05, 0.1) is 22.5 Å². The van der Waals surface area contributed by atoms with Crippen LogP contribution in [0.4, 0.5) is 0 Å². The number of halogens is 1. The molecule has 2 rings (SSSR count). The van der Waals surface area contributed by atoms with Gasteiger partial charge in [-0.05, 0) is 53.9 Å². The fraction of sp³-hybridized carbons (Fsp3) is 0.467. The fourth-order valence-corrected chi connectivity index (χ4v) is 2.43. The molecule has 5 nitrogen and oxygen atoms in total. The van der Waals surface area contributed by atoms with Gasteiger partial charge in [-0.1, -0.05) is 0 Å². The Kier molecular flexibility index (Phi) is 5.50.